The molecule has 0 aliphatic carbocycles. The molecule has 2 aromatic heterocycles. The van der Waals surface area contributed by atoms with Crippen molar-refractivity contribution in [3.05, 3.63) is 75.8 Å². The van der Waals surface area contributed by atoms with Crippen molar-refractivity contribution in [2.45, 2.75) is 38.8 Å². The van der Waals surface area contributed by atoms with Crippen LogP contribution in [0.4, 0.5) is 0 Å². The van der Waals surface area contributed by atoms with Gasteiger partial charge in [-0.15, -0.1) is 5.10 Å². The van der Waals surface area contributed by atoms with Gasteiger partial charge in [0.25, 0.3) is 5.56 Å². The fourth-order valence-corrected chi connectivity index (χ4v) is 4.76. The Morgan fingerprint density at radius 2 is 1.80 bits per heavy atom. The van der Waals surface area contributed by atoms with E-state index in [0.717, 1.165) is 53.9 Å². The molecular formula is C26H30N6O3. The third-order valence-corrected chi connectivity index (χ3v) is 6.50. The van der Waals surface area contributed by atoms with E-state index in [0.29, 0.717) is 24.5 Å². The Morgan fingerprint density at radius 1 is 1.03 bits per heavy atom. The lowest BCUT2D eigenvalue weighted by atomic mass is 10.0. The molecule has 1 aliphatic heterocycles. The smallest absolute Gasteiger partial charge is 0.253 e. The van der Waals surface area contributed by atoms with Crippen LogP contribution in [0.2, 0.25) is 0 Å². The second-order valence-corrected chi connectivity index (χ2v) is 8.78. The molecule has 9 nitrogen and oxygen atoms in total. The molecule has 0 amide bonds. The third kappa shape index (κ3) is 4.90. The number of tetrazole rings is 1. The average Bonchev–Trinajstić information content (AvgIpc) is 3.33. The van der Waals surface area contributed by atoms with E-state index in [1.807, 2.05) is 55.5 Å². The van der Waals surface area contributed by atoms with E-state index in [4.69, 9.17) is 9.47 Å². The van der Waals surface area contributed by atoms with Gasteiger partial charge >= 0.3 is 0 Å². The topological polar surface area (TPSA) is 98.2 Å². The number of nitrogens with one attached hydrogen (secondary N) is 1. The fraction of sp³-hybridized carbons (Fsp3) is 0.385. The van der Waals surface area contributed by atoms with E-state index in [9.17, 15) is 4.79 Å². The molecule has 0 unspecified atom stereocenters. The first-order chi connectivity index (χ1) is 17.2. The third-order valence-electron chi connectivity index (χ3n) is 6.50. The van der Waals surface area contributed by atoms with E-state index in [2.05, 4.69) is 25.4 Å². The van der Waals surface area contributed by atoms with Crippen LogP contribution in [-0.4, -0.2) is 56.9 Å². The standard InChI is InChI=1S/C26H30N6O3/c1-3-35-21-11-12-23-19(15-21)16-22(26(33)27-23)24(31-13-5-4-6-14-31)25-28-29-30-32(25)17-18-7-9-20(34-2)10-8-18/h7-12,15-16,24H,3-6,13-14,17H2,1-2H3,(H,27,33)/t24-/m0/s1. The summed E-state index contributed by atoms with van der Waals surface area (Å²) in [5.74, 6) is 2.23. The van der Waals surface area contributed by atoms with Crippen molar-refractivity contribution in [3.63, 3.8) is 0 Å². The maximum atomic E-state index is 13.4. The molecule has 1 aliphatic rings. The van der Waals surface area contributed by atoms with Crippen LogP contribution < -0.4 is 15.0 Å². The fourth-order valence-electron chi connectivity index (χ4n) is 4.76. The molecule has 9 heteroatoms. The minimum absolute atomic E-state index is 0.128. The van der Waals surface area contributed by atoms with Crippen LogP contribution in [0.15, 0.2) is 53.3 Å². The quantitative estimate of drug-likeness (QED) is 0.417. The number of hydrogen-bond donors (Lipinski definition) is 1. The summed E-state index contributed by atoms with van der Waals surface area (Å²) in [6.45, 7) is 4.81. The number of H-pyrrole nitrogens is 1. The average molecular weight is 475 g/mol. The zero-order valence-electron chi connectivity index (χ0n) is 20.1. The summed E-state index contributed by atoms with van der Waals surface area (Å²) in [6.07, 6.45) is 3.35. The Morgan fingerprint density at radius 3 is 2.54 bits per heavy atom. The van der Waals surface area contributed by atoms with Crippen LogP contribution in [0.25, 0.3) is 10.9 Å². The normalized spacial score (nSPS) is 15.3. The summed E-state index contributed by atoms with van der Waals surface area (Å²) >= 11 is 0. The molecule has 1 saturated heterocycles. The Bertz CT molecular complexity index is 1340. The van der Waals surface area contributed by atoms with Crippen molar-refractivity contribution in [3.8, 4) is 11.5 Å². The second kappa shape index (κ2) is 10.3. The van der Waals surface area contributed by atoms with Gasteiger partial charge in [0, 0.05) is 16.5 Å². The van der Waals surface area contributed by atoms with Crippen LogP contribution in [0.3, 0.4) is 0 Å². The lowest BCUT2D eigenvalue weighted by Gasteiger charge is -2.33. The minimum Gasteiger partial charge on any atom is -0.497 e. The molecule has 0 bridgehead atoms. The molecule has 5 rings (SSSR count). The first-order valence-electron chi connectivity index (χ1n) is 12.1. The summed E-state index contributed by atoms with van der Waals surface area (Å²) in [5, 5.41) is 13.6. The number of aromatic nitrogens is 5. The van der Waals surface area contributed by atoms with Crippen molar-refractivity contribution in [1.29, 1.82) is 0 Å². The largest absolute Gasteiger partial charge is 0.497 e. The monoisotopic (exact) mass is 474 g/mol. The summed E-state index contributed by atoms with van der Waals surface area (Å²) < 4.78 is 12.8. The summed E-state index contributed by atoms with van der Waals surface area (Å²) in [5.41, 5.74) is 2.33. The number of piperidine rings is 1. The van der Waals surface area contributed by atoms with Crippen LogP contribution in [0, 0.1) is 0 Å². The van der Waals surface area contributed by atoms with E-state index in [1.165, 1.54) is 6.42 Å². The van der Waals surface area contributed by atoms with E-state index < -0.39 is 0 Å². The van der Waals surface area contributed by atoms with Gasteiger partial charge in [0.1, 0.15) is 17.5 Å². The van der Waals surface area contributed by atoms with Gasteiger partial charge in [-0.05, 0) is 85.2 Å². The highest BCUT2D eigenvalue weighted by Crippen LogP contribution is 2.30. The molecule has 0 radical (unpaired) electrons. The minimum atomic E-state index is -0.354. The number of hydrogen-bond acceptors (Lipinski definition) is 7. The van der Waals surface area contributed by atoms with Crippen molar-refractivity contribution >= 4 is 10.9 Å². The number of aromatic amines is 1. The van der Waals surface area contributed by atoms with E-state index in [1.54, 1.807) is 11.8 Å². The van der Waals surface area contributed by atoms with Crippen molar-refractivity contribution in [1.82, 2.24) is 30.1 Å². The van der Waals surface area contributed by atoms with Gasteiger partial charge in [0.15, 0.2) is 5.82 Å². The first kappa shape index (κ1) is 23.0. The lowest BCUT2D eigenvalue weighted by molar-refractivity contribution is 0.177. The zero-order valence-corrected chi connectivity index (χ0v) is 20.1. The van der Waals surface area contributed by atoms with E-state index >= 15 is 0 Å². The number of benzene rings is 2. The van der Waals surface area contributed by atoms with Gasteiger partial charge in [-0.3, -0.25) is 9.69 Å². The first-order valence-corrected chi connectivity index (χ1v) is 12.1. The zero-order chi connectivity index (χ0) is 24.2. The molecule has 1 fully saturated rings. The Hall–Kier alpha value is -3.72. The summed E-state index contributed by atoms with van der Waals surface area (Å²) in [4.78, 5) is 18.7. The maximum absolute atomic E-state index is 13.4. The van der Waals surface area contributed by atoms with Crippen LogP contribution in [0.1, 0.15) is 49.2 Å². The number of pyridine rings is 1. The predicted octanol–water partition coefficient (Wildman–Crippen LogP) is 3.55. The molecule has 35 heavy (non-hydrogen) atoms. The van der Waals surface area contributed by atoms with Crippen LogP contribution >= 0.6 is 0 Å². The number of rotatable bonds is 8. The Balaban J connectivity index is 1.57. The predicted molar refractivity (Wildman–Crippen MR) is 133 cm³/mol. The molecule has 1 atom stereocenters. The Kier molecular flexibility index (Phi) is 6.76. The molecule has 3 heterocycles. The summed E-state index contributed by atoms with van der Waals surface area (Å²) in [6, 6.07) is 15.2. The molecule has 4 aromatic rings. The Labute approximate surface area is 203 Å². The highest BCUT2D eigenvalue weighted by atomic mass is 16.5. The molecule has 0 saturated carbocycles. The number of fused-ring (bicyclic) bond motifs is 1. The molecule has 2 aromatic carbocycles. The molecule has 1 N–H and O–H groups in total. The summed E-state index contributed by atoms with van der Waals surface area (Å²) in [7, 11) is 1.65. The highest BCUT2D eigenvalue weighted by molar-refractivity contribution is 5.80. The van der Waals surface area contributed by atoms with Crippen molar-refractivity contribution in [2.75, 3.05) is 26.8 Å². The van der Waals surface area contributed by atoms with Crippen LogP contribution in [-0.2, 0) is 6.54 Å². The van der Waals surface area contributed by atoms with Crippen LogP contribution in [0.5, 0.6) is 11.5 Å². The second-order valence-electron chi connectivity index (χ2n) is 8.78. The van der Waals surface area contributed by atoms with Crippen molar-refractivity contribution in [2.24, 2.45) is 0 Å². The highest BCUT2D eigenvalue weighted by Gasteiger charge is 2.31. The van der Waals surface area contributed by atoms with Gasteiger partial charge in [-0.25, -0.2) is 4.68 Å². The molecule has 182 valence electrons. The number of nitrogens with zero attached hydrogens (tertiary/aromatic N) is 5. The van der Waals surface area contributed by atoms with Gasteiger partial charge < -0.3 is 14.5 Å². The number of likely N-dealkylation sites (tertiary alicyclic amines) is 1. The van der Waals surface area contributed by atoms with Gasteiger partial charge in [0.05, 0.1) is 20.3 Å². The number of methoxy groups -OCH3 is 1. The maximum Gasteiger partial charge on any atom is 0.253 e. The van der Waals surface area contributed by atoms with Crippen molar-refractivity contribution < 1.29 is 9.47 Å². The SMILES string of the molecule is CCOc1ccc2[nH]c(=O)c([C@@H](c3nnnn3Cc3ccc(OC)cc3)N3CCCCC3)cc2c1. The van der Waals surface area contributed by atoms with E-state index in [-0.39, 0.29) is 11.6 Å². The van der Waals surface area contributed by atoms with Gasteiger partial charge in [0.2, 0.25) is 0 Å². The van der Waals surface area contributed by atoms with Gasteiger partial charge in [-0.2, -0.15) is 0 Å². The lowest BCUT2D eigenvalue weighted by Crippen LogP contribution is -2.38. The molecular weight excluding hydrogens is 444 g/mol. The van der Waals surface area contributed by atoms with Gasteiger partial charge in [-0.1, -0.05) is 18.6 Å². The number of ether oxygens (including phenoxy) is 2. The molecule has 0 spiro atoms.